The summed E-state index contributed by atoms with van der Waals surface area (Å²) in [6.07, 6.45) is 1.07. The molecule has 1 N–H and O–H groups in total. The first-order valence-corrected chi connectivity index (χ1v) is 6.68. The van der Waals surface area contributed by atoms with Gasteiger partial charge in [0.15, 0.2) is 5.78 Å². The van der Waals surface area contributed by atoms with Crippen molar-refractivity contribution in [1.82, 2.24) is 0 Å². The molecule has 0 radical (unpaired) electrons. The zero-order valence-corrected chi connectivity index (χ0v) is 12.1. The molecule has 0 atom stereocenters. The summed E-state index contributed by atoms with van der Waals surface area (Å²) in [5.41, 5.74) is 1.19. The minimum Gasteiger partial charge on any atom is -0.512 e. The molecule has 0 bridgehead atoms. The number of hydrogen-bond acceptors (Lipinski definition) is 2. The first kappa shape index (κ1) is 12.6. The van der Waals surface area contributed by atoms with Gasteiger partial charge in [-0.25, -0.2) is 0 Å². The van der Waals surface area contributed by atoms with E-state index in [2.05, 4.69) is 22.6 Å². The van der Waals surface area contributed by atoms with Crippen LogP contribution < -0.4 is 0 Å². The van der Waals surface area contributed by atoms with E-state index < -0.39 is 0 Å². The van der Waals surface area contributed by atoms with Crippen molar-refractivity contribution in [3.05, 3.63) is 39.2 Å². The molecule has 2 nitrogen and oxygen atoms in total. The molecule has 0 saturated heterocycles. The molecule has 0 heterocycles. The topological polar surface area (TPSA) is 37.3 Å². The van der Waals surface area contributed by atoms with Gasteiger partial charge < -0.3 is 5.11 Å². The Labute approximate surface area is 115 Å². The predicted octanol–water partition coefficient (Wildman–Crippen LogP) is 3.95. The van der Waals surface area contributed by atoms with E-state index in [1.807, 2.05) is 38.1 Å². The number of aliphatic hydroxyl groups excluding tert-OH is 1. The summed E-state index contributed by atoms with van der Waals surface area (Å²) in [4.78, 5) is 12.1. The summed E-state index contributed by atoms with van der Waals surface area (Å²) >= 11 is 2.22. The van der Waals surface area contributed by atoms with E-state index in [0.29, 0.717) is 18.4 Å². The summed E-state index contributed by atoms with van der Waals surface area (Å²) in [6.45, 7) is 4.01. The molecule has 0 aromatic heterocycles. The zero-order valence-electron chi connectivity index (χ0n) is 9.96. The fraction of sp³-hybridized carbons (Fsp3) is 0.357. The fourth-order valence-electron chi connectivity index (χ4n) is 2.23. The predicted molar refractivity (Wildman–Crippen MR) is 76.7 cm³/mol. The first-order chi connectivity index (χ1) is 7.89. The SMILES string of the molecule is CC1(C)CC(=O)C(c2ccc(I)cc2)=C(O)C1. The van der Waals surface area contributed by atoms with Crippen molar-refractivity contribution in [2.24, 2.45) is 5.41 Å². The number of hydrogen-bond donors (Lipinski definition) is 1. The lowest BCUT2D eigenvalue weighted by atomic mass is 9.75. The van der Waals surface area contributed by atoms with Crippen molar-refractivity contribution in [3.63, 3.8) is 0 Å². The number of halogens is 1. The molecule has 0 fully saturated rings. The Balaban J connectivity index is 2.44. The van der Waals surface area contributed by atoms with E-state index in [-0.39, 0.29) is 17.0 Å². The number of Topliss-reactive ketones (excluding diaryl/α,β-unsaturated/α-hetero) is 1. The van der Waals surface area contributed by atoms with Gasteiger partial charge in [0.05, 0.1) is 5.57 Å². The van der Waals surface area contributed by atoms with Crippen LogP contribution in [0.25, 0.3) is 5.57 Å². The molecule has 90 valence electrons. The van der Waals surface area contributed by atoms with Crippen LogP contribution in [-0.2, 0) is 4.79 Å². The van der Waals surface area contributed by atoms with Gasteiger partial charge in [-0.05, 0) is 45.7 Å². The van der Waals surface area contributed by atoms with E-state index in [1.54, 1.807) is 0 Å². The number of rotatable bonds is 1. The average Bonchev–Trinajstić information content (AvgIpc) is 2.18. The summed E-state index contributed by atoms with van der Waals surface area (Å²) < 4.78 is 1.12. The normalized spacial score (nSPS) is 19.6. The van der Waals surface area contributed by atoms with Crippen LogP contribution in [0.1, 0.15) is 32.3 Å². The fourth-order valence-corrected chi connectivity index (χ4v) is 2.59. The Morgan fingerprint density at radius 3 is 2.29 bits per heavy atom. The van der Waals surface area contributed by atoms with Gasteiger partial charge in [0.1, 0.15) is 5.76 Å². The Kier molecular flexibility index (Phi) is 3.30. The van der Waals surface area contributed by atoms with Crippen LogP contribution in [0.5, 0.6) is 0 Å². The minimum atomic E-state index is -0.131. The Hall–Kier alpha value is -0.840. The standard InChI is InChI=1S/C14H15IO2/c1-14(2)7-11(16)13(12(17)8-14)9-3-5-10(15)6-4-9/h3-6,16H,7-8H2,1-2H3. The maximum atomic E-state index is 12.1. The molecule has 1 aromatic carbocycles. The minimum absolute atomic E-state index is 0.0416. The molecule has 1 aliphatic rings. The monoisotopic (exact) mass is 342 g/mol. The van der Waals surface area contributed by atoms with Crippen molar-refractivity contribution in [2.75, 3.05) is 0 Å². The van der Waals surface area contributed by atoms with Gasteiger partial charge in [-0.3, -0.25) is 4.79 Å². The Morgan fingerprint density at radius 1 is 1.18 bits per heavy atom. The second-order valence-corrected chi connectivity index (χ2v) is 6.52. The molecular formula is C14H15IO2. The highest BCUT2D eigenvalue weighted by molar-refractivity contribution is 14.1. The van der Waals surface area contributed by atoms with Crippen molar-refractivity contribution in [1.29, 1.82) is 0 Å². The second-order valence-electron chi connectivity index (χ2n) is 5.27. The summed E-state index contributed by atoms with van der Waals surface area (Å²) in [7, 11) is 0. The van der Waals surface area contributed by atoms with E-state index in [4.69, 9.17) is 0 Å². The lowest BCUT2D eigenvalue weighted by molar-refractivity contribution is -0.116. The summed E-state index contributed by atoms with van der Waals surface area (Å²) in [6, 6.07) is 7.68. The molecule has 0 aliphatic heterocycles. The first-order valence-electron chi connectivity index (χ1n) is 5.60. The van der Waals surface area contributed by atoms with Gasteiger partial charge >= 0.3 is 0 Å². The lowest BCUT2D eigenvalue weighted by Crippen LogP contribution is -2.25. The molecule has 0 amide bonds. The third kappa shape index (κ3) is 2.70. The van der Waals surface area contributed by atoms with Gasteiger partial charge in [0, 0.05) is 16.4 Å². The van der Waals surface area contributed by atoms with Gasteiger partial charge in [-0.2, -0.15) is 0 Å². The van der Waals surface area contributed by atoms with Crippen molar-refractivity contribution in [2.45, 2.75) is 26.7 Å². The molecule has 0 saturated carbocycles. The number of aliphatic hydroxyl groups is 1. The highest BCUT2D eigenvalue weighted by atomic mass is 127. The van der Waals surface area contributed by atoms with Gasteiger partial charge in [0.25, 0.3) is 0 Å². The molecule has 3 heteroatoms. The van der Waals surface area contributed by atoms with Crippen LogP contribution in [0.3, 0.4) is 0 Å². The quantitative estimate of drug-likeness (QED) is 0.785. The number of allylic oxidation sites excluding steroid dienone is 2. The Bertz CT molecular complexity index is 483. The third-order valence-corrected chi connectivity index (χ3v) is 3.70. The average molecular weight is 342 g/mol. The van der Waals surface area contributed by atoms with E-state index in [0.717, 1.165) is 9.13 Å². The molecule has 0 unspecified atom stereocenters. The largest absolute Gasteiger partial charge is 0.512 e. The van der Waals surface area contributed by atoms with E-state index >= 15 is 0 Å². The van der Waals surface area contributed by atoms with Crippen LogP contribution >= 0.6 is 22.6 Å². The molecule has 1 aliphatic carbocycles. The van der Waals surface area contributed by atoms with Crippen LogP contribution in [0.15, 0.2) is 30.0 Å². The molecule has 1 aromatic rings. The number of carbonyl (C=O) groups is 1. The summed E-state index contributed by atoms with van der Waals surface area (Å²) in [5.74, 6) is 0.271. The molecule has 0 spiro atoms. The molecular weight excluding hydrogens is 327 g/mol. The third-order valence-electron chi connectivity index (χ3n) is 2.99. The smallest absolute Gasteiger partial charge is 0.167 e. The van der Waals surface area contributed by atoms with E-state index in [9.17, 15) is 9.90 Å². The maximum Gasteiger partial charge on any atom is 0.167 e. The Morgan fingerprint density at radius 2 is 1.76 bits per heavy atom. The van der Waals surface area contributed by atoms with Crippen LogP contribution in [0.2, 0.25) is 0 Å². The van der Waals surface area contributed by atoms with Crippen molar-refractivity contribution in [3.8, 4) is 0 Å². The van der Waals surface area contributed by atoms with Crippen molar-refractivity contribution >= 4 is 33.9 Å². The highest BCUT2D eigenvalue weighted by Gasteiger charge is 2.33. The van der Waals surface area contributed by atoms with Gasteiger partial charge in [-0.1, -0.05) is 26.0 Å². The van der Waals surface area contributed by atoms with Gasteiger partial charge in [-0.15, -0.1) is 0 Å². The molecule has 17 heavy (non-hydrogen) atoms. The van der Waals surface area contributed by atoms with Crippen molar-refractivity contribution < 1.29 is 9.90 Å². The van der Waals surface area contributed by atoms with Crippen LogP contribution in [0.4, 0.5) is 0 Å². The zero-order chi connectivity index (χ0) is 12.6. The number of benzene rings is 1. The second kappa shape index (κ2) is 4.44. The van der Waals surface area contributed by atoms with E-state index in [1.165, 1.54) is 0 Å². The maximum absolute atomic E-state index is 12.1. The number of carbonyl (C=O) groups excluding carboxylic acids is 1. The van der Waals surface area contributed by atoms with Gasteiger partial charge in [0.2, 0.25) is 0 Å². The summed E-state index contributed by atoms with van der Waals surface area (Å²) in [5, 5.41) is 10.1. The highest BCUT2D eigenvalue weighted by Crippen LogP contribution is 2.39. The number of ketones is 1. The lowest BCUT2D eigenvalue weighted by Gasteiger charge is -2.29. The molecule has 2 rings (SSSR count). The van der Waals surface area contributed by atoms with Crippen LogP contribution in [0, 0.1) is 8.99 Å². The van der Waals surface area contributed by atoms with Crippen LogP contribution in [-0.4, -0.2) is 10.9 Å².